The first-order valence-electron chi connectivity index (χ1n) is 8.26. The van der Waals surface area contributed by atoms with E-state index in [4.69, 9.17) is 0 Å². The van der Waals surface area contributed by atoms with Gasteiger partial charge in [0, 0.05) is 12.2 Å². The van der Waals surface area contributed by atoms with Crippen LogP contribution in [-0.4, -0.2) is 50.9 Å². The van der Waals surface area contributed by atoms with Crippen molar-refractivity contribution in [3.8, 4) is 0 Å². The second-order valence-corrected chi connectivity index (χ2v) is 6.99. The first-order chi connectivity index (χ1) is 12.9. The minimum absolute atomic E-state index is 0.0131. The number of carbonyl (C=O) groups is 4. The van der Waals surface area contributed by atoms with E-state index in [1.54, 1.807) is 31.2 Å². The minimum Gasteiger partial charge on any atom is -0.477 e. The van der Waals surface area contributed by atoms with Gasteiger partial charge < -0.3 is 10.4 Å². The highest BCUT2D eigenvalue weighted by molar-refractivity contribution is 8.00. The molecule has 1 aromatic rings. The van der Waals surface area contributed by atoms with Crippen molar-refractivity contribution >= 4 is 41.1 Å². The Morgan fingerprint density at radius 3 is 2.59 bits per heavy atom. The number of carboxylic acids is 1. The second-order valence-electron chi connectivity index (χ2n) is 5.89. The van der Waals surface area contributed by atoms with E-state index in [0.29, 0.717) is 5.69 Å². The Labute approximate surface area is 159 Å². The summed E-state index contributed by atoms with van der Waals surface area (Å²) in [7, 11) is 0. The van der Waals surface area contributed by atoms with Crippen LogP contribution in [0.25, 0.3) is 0 Å². The van der Waals surface area contributed by atoms with Gasteiger partial charge in [0.15, 0.2) is 0 Å². The molecule has 1 aromatic carbocycles. The molecule has 2 aliphatic rings. The molecule has 9 nitrogen and oxygen atoms in total. The molecule has 27 heavy (non-hydrogen) atoms. The zero-order valence-electron chi connectivity index (χ0n) is 14.4. The van der Waals surface area contributed by atoms with Crippen LogP contribution >= 0.6 is 11.8 Å². The number of fused-ring (bicyclic) bond motifs is 1. The van der Waals surface area contributed by atoms with Gasteiger partial charge in [-0.25, -0.2) is 4.79 Å². The summed E-state index contributed by atoms with van der Waals surface area (Å²) in [5.74, 6) is -2.70. The maximum Gasteiger partial charge on any atom is 0.353 e. The number of benzene rings is 1. The molecule has 0 radical (unpaired) electrons. The minimum atomic E-state index is -1.36. The summed E-state index contributed by atoms with van der Waals surface area (Å²) in [5, 5.41) is 11.6. The van der Waals surface area contributed by atoms with E-state index in [1.807, 2.05) is 6.07 Å². The number of hydrogen-bond acceptors (Lipinski definition) is 6. The predicted molar refractivity (Wildman–Crippen MR) is 98.2 cm³/mol. The van der Waals surface area contributed by atoms with Crippen molar-refractivity contribution in [3.05, 3.63) is 41.6 Å². The van der Waals surface area contributed by atoms with Crippen molar-refractivity contribution in [1.29, 1.82) is 0 Å². The number of hydrazine groups is 1. The van der Waals surface area contributed by atoms with Gasteiger partial charge in [-0.15, -0.1) is 11.8 Å². The highest BCUT2D eigenvalue weighted by Gasteiger charge is 2.54. The Hall–Kier alpha value is -3.01. The van der Waals surface area contributed by atoms with Gasteiger partial charge in [-0.2, -0.15) is 0 Å². The zero-order chi connectivity index (χ0) is 19.6. The topological polar surface area (TPSA) is 128 Å². The Kier molecular flexibility index (Phi) is 5.36. The average molecular weight is 390 g/mol. The zero-order valence-corrected chi connectivity index (χ0v) is 15.2. The first kappa shape index (κ1) is 18.8. The molecule has 3 amide bonds. The number of β-lactam (4-membered cyclic amide) rings is 1. The van der Waals surface area contributed by atoms with Crippen LogP contribution in [0.3, 0.4) is 0 Å². The summed E-state index contributed by atoms with van der Waals surface area (Å²) in [4.78, 5) is 49.2. The van der Waals surface area contributed by atoms with Gasteiger partial charge in [-0.3, -0.25) is 30.1 Å². The van der Waals surface area contributed by atoms with Gasteiger partial charge in [0.1, 0.15) is 17.1 Å². The normalized spacial score (nSPS) is 21.1. The number of rotatable bonds is 6. The van der Waals surface area contributed by atoms with Crippen molar-refractivity contribution < 1.29 is 24.3 Å². The molecule has 2 atom stereocenters. The molecule has 3 rings (SSSR count). The van der Waals surface area contributed by atoms with E-state index < -0.39 is 29.2 Å². The molecule has 0 aromatic heterocycles. The van der Waals surface area contributed by atoms with Gasteiger partial charge >= 0.3 is 5.97 Å². The number of thioether (sulfide) groups is 1. The molecule has 1 fully saturated rings. The molecular formula is C17H18N4O5S. The number of nitrogens with zero attached hydrogens (tertiary/aromatic N) is 1. The van der Waals surface area contributed by atoms with Gasteiger partial charge in [0.2, 0.25) is 5.91 Å². The van der Waals surface area contributed by atoms with Gasteiger partial charge in [0.25, 0.3) is 11.8 Å². The summed E-state index contributed by atoms with van der Waals surface area (Å²) >= 11 is 1.24. The Balaban J connectivity index is 1.76. The molecule has 2 aliphatic heterocycles. The lowest BCUT2D eigenvalue weighted by molar-refractivity contribution is -0.150. The van der Waals surface area contributed by atoms with E-state index >= 15 is 0 Å². The Morgan fingerprint density at radius 2 is 1.96 bits per heavy atom. The largest absolute Gasteiger partial charge is 0.477 e. The molecule has 1 unspecified atom stereocenters. The summed E-state index contributed by atoms with van der Waals surface area (Å²) in [6.45, 7) is 1.66. The van der Waals surface area contributed by atoms with Crippen LogP contribution in [0.15, 0.2) is 41.6 Å². The molecule has 0 bridgehead atoms. The maximum absolute atomic E-state index is 12.5. The number of amides is 3. The molecule has 4 N–H and O–H groups in total. The van der Waals surface area contributed by atoms with E-state index in [-0.39, 0.29) is 29.4 Å². The molecule has 2 heterocycles. The van der Waals surface area contributed by atoms with E-state index in [0.717, 1.165) is 4.90 Å². The second kappa shape index (κ2) is 7.70. The highest BCUT2D eigenvalue weighted by Crippen LogP contribution is 2.40. The lowest BCUT2D eigenvalue weighted by atomic mass is 10.0. The molecule has 142 valence electrons. The predicted octanol–water partition coefficient (Wildman–Crippen LogP) is 0.278. The van der Waals surface area contributed by atoms with Crippen LogP contribution < -0.4 is 16.2 Å². The monoisotopic (exact) mass is 390 g/mol. The van der Waals surface area contributed by atoms with Crippen LogP contribution in [0, 0.1) is 0 Å². The van der Waals surface area contributed by atoms with E-state index in [1.165, 1.54) is 11.8 Å². The fourth-order valence-electron chi connectivity index (χ4n) is 2.79. The number of aliphatic carboxylic acids is 1. The summed E-state index contributed by atoms with van der Waals surface area (Å²) in [5.41, 5.74) is 5.42. The maximum atomic E-state index is 12.5. The van der Waals surface area contributed by atoms with Gasteiger partial charge in [-0.1, -0.05) is 25.1 Å². The third kappa shape index (κ3) is 3.61. The van der Waals surface area contributed by atoms with E-state index in [9.17, 15) is 24.3 Å². The van der Waals surface area contributed by atoms with E-state index in [2.05, 4.69) is 16.2 Å². The third-order valence-electron chi connectivity index (χ3n) is 4.18. The van der Waals surface area contributed by atoms with Gasteiger partial charge in [0.05, 0.1) is 11.3 Å². The third-order valence-corrected chi connectivity index (χ3v) is 5.46. The SMILES string of the molecule is CCC(=O)NC1C(=O)N2C(C(=O)O)=C(C(=O)NNc3ccccc3)CS[C@H]12. The Bertz CT molecular complexity index is 826. The number of anilines is 1. The molecule has 0 saturated carbocycles. The average Bonchev–Trinajstić information content (AvgIpc) is 2.69. The van der Waals surface area contributed by atoms with Crippen LogP contribution in [0.1, 0.15) is 13.3 Å². The quantitative estimate of drug-likeness (QED) is 0.406. The fourth-order valence-corrected chi connectivity index (χ4v) is 4.13. The molecule has 10 heteroatoms. The lowest BCUT2D eigenvalue weighted by Gasteiger charge is -2.49. The van der Waals surface area contributed by atoms with Crippen LogP contribution in [-0.2, 0) is 19.2 Å². The van der Waals surface area contributed by atoms with Crippen molar-refractivity contribution in [3.63, 3.8) is 0 Å². The molecule has 0 spiro atoms. The first-order valence-corrected chi connectivity index (χ1v) is 9.30. The van der Waals surface area contributed by atoms with Crippen molar-refractivity contribution in [2.24, 2.45) is 0 Å². The number of para-hydroxylation sites is 1. The van der Waals surface area contributed by atoms with Gasteiger partial charge in [-0.05, 0) is 12.1 Å². The summed E-state index contributed by atoms with van der Waals surface area (Å²) in [6.07, 6.45) is 0.224. The molecule has 1 saturated heterocycles. The number of nitrogens with one attached hydrogen (secondary N) is 3. The molecular weight excluding hydrogens is 372 g/mol. The summed E-state index contributed by atoms with van der Waals surface area (Å²) in [6, 6.07) is 8.07. The number of carbonyl (C=O) groups excluding carboxylic acids is 3. The standard InChI is InChI=1S/C17H18N4O5S/c1-2-11(22)18-12-15(24)21-13(17(25)26)10(8-27-16(12)21)14(23)20-19-9-6-4-3-5-7-9/h3-7,12,16,19H,2,8H2,1H3,(H,18,22)(H,20,23)(H,25,26)/t12?,16-/m1/s1. The van der Waals surface area contributed by atoms with Crippen molar-refractivity contribution in [1.82, 2.24) is 15.6 Å². The van der Waals surface area contributed by atoms with Crippen molar-refractivity contribution in [2.75, 3.05) is 11.2 Å². The smallest absolute Gasteiger partial charge is 0.353 e. The number of carboxylic acid groups (broad SMARTS) is 1. The van der Waals surface area contributed by atoms with Crippen LogP contribution in [0.5, 0.6) is 0 Å². The molecule has 0 aliphatic carbocycles. The Morgan fingerprint density at radius 1 is 1.26 bits per heavy atom. The summed E-state index contributed by atoms with van der Waals surface area (Å²) < 4.78 is 0. The van der Waals surface area contributed by atoms with Crippen molar-refractivity contribution in [2.45, 2.75) is 24.8 Å². The number of hydrogen-bond donors (Lipinski definition) is 4. The van der Waals surface area contributed by atoms with Crippen LogP contribution in [0.2, 0.25) is 0 Å². The fraction of sp³-hybridized carbons (Fsp3) is 0.294. The lowest BCUT2D eigenvalue weighted by Crippen LogP contribution is -2.70. The highest BCUT2D eigenvalue weighted by atomic mass is 32.2. The van der Waals surface area contributed by atoms with Crippen LogP contribution in [0.4, 0.5) is 5.69 Å².